The van der Waals surface area contributed by atoms with E-state index in [4.69, 9.17) is 0 Å². The molecule has 7 heteroatoms. The van der Waals surface area contributed by atoms with E-state index in [2.05, 4.69) is 15.6 Å². The van der Waals surface area contributed by atoms with Gasteiger partial charge in [-0.3, -0.25) is 4.79 Å². The summed E-state index contributed by atoms with van der Waals surface area (Å²) in [5.41, 5.74) is 3.59. The predicted octanol–water partition coefficient (Wildman–Crippen LogP) is 2.38. The topological polar surface area (TPSA) is 100 Å². The first-order chi connectivity index (χ1) is 13.0. The fraction of sp³-hybridized carbons (Fsp3) is 0.150. The molecule has 0 saturated heterocycles. The number of amides is 1. The predicted molar refractivity (Wildman–Crippen MR) is 101 cm³/mol. The molecule has 138 valence electrons. The largest absolute Gasteiger partial charge is 0.504 e. The molecule has 0 fully saturated rings. The van der Waals surface area contributed by atoms with E-state index in [1.54, 1.807) is 23.0 Å². The molecular formula is C20H20N4O3. The Bertz CT molecular complexity index is 962. The molecule has 0 unspecified atom stereocenters. The minimum atomic E-state index is -0.296. The summed E-state index contributed by atoms with van der Waals surface area (Å²) in [6.07, 6.45) is 4.69. The summed E-state index contributed by atoms with van der Waals surface area (Å²) in [5, 5.41) is 29.6. The van der Waals surface area contributed by atoms with Crippen LogP contribution in [0, 0.1) is 6.92 Å². The van der Waals surface area contributed by atoms with E-state index in [-0.39, 0.29) is 24.0 Å². The van der Waals surface area contributed by atoms with Crippen LogP contribution >= 0.6 is 0 Å². The molecule has 27 heavy (non-hydrogen) atoms. The SMILES string of the molecule is Cc1ccc(Cn2cc(CNC(=O)/C=C/c3ccc(O)c(O)c3)nn2)cc1. The number of nitrogens with one attached hydrogen (secondary N) is 1. The molecule has 1 aromatic heterocycles. The monoisotopic (exact) mass is 364 g/mol. The van der Waals surface area contributed by atoms with Gasteiger partial charge in [-0.2, -0.15) is 0 Å². The fourth-order valence-electron chi connectivity index (χ4n) is 2.43. The molecule has 0 saturated carbocycles. The normalized spacial score (nSPS) is 11.0. The van der Waals surface area contributed by atoms with Crippen molar-refractivity contribution >= 4 is 12.0 Å². The summed E-state index contributed by atoms with van der Waals surface area (Å²) in [6, 6.07) is 12.5. The lowest BCUT2D eigenvalue weighted by Gasteiger charge is -2.01. The molecule has 0 aliphatic rings. The van der Waals surface area contributed by atoms with Crippen LogP contribution in [0.25, 0.3) is 6.08 Å². The Balaban J connectivity index is 1.51. The molecule has 2 aromatic carbocycles. The van der Waals surface area contributed by atoms with Gasteiger partial charge < -0.3 is 15.5 Å². The maximum absolute atomic E-state index is 11.9. The third kappa shape index (κ3) is 5.18. The molecule has 1 heterocycles. The van der Waals surface area contributed by atoms with Gasteiger partial charge in [-0.25, -0.2) is 4.68 Å². The van der Waals surface area contributed by atoms with Crippen molar-refractivity contribution in [1.82, 2.24) is 20.3 Å². The quantitative estimate of drug-likeness (QED) is 0.461. The van der Waals surface area contributed by atoms with Gasteiger partial charge in [-0.1, -0.05) is 41.1 Å². The second kappa shape index (κ2) is 8.18. The summed E-state index contributed by atoms with van der Waals surface area (Å²) in [4.78, 5) is 11.9. The highest BCUT2D eigenvalue weighted by molar-refractivity contribution is 5.91. The average molecular weight is 364 g/mol. The summed E-state index contributed by atoms with van der Waals surface area (Å²) in [7, 11) is 0. The van der Waals surface area contributed by atoms with Crippen molar-refractivity contribution in [2.45, 2.75) is 20.0 Å². The zero-order chi connectivity index (χ0) is 19.2. The number of aryl methyl sites for hydroxylation is 1. The highest BCUT2D eigenvalue weighted by Gasteiger charge is 2.04. The van der Waals surface area contributed by atoms with E-state index in [9.17, 15) is 15.0 Å². The van der Waals surface area contributed by atoms with Crippen LogP contribution in [-0.4, -0.2) is 31.1 Å². The minimum absolute atomic E-state index is 0.203. The molecule has 0 atom stereocenters. The van der Waals surface area contributed by atoms with Crippen LogP contribution in [0.2, 0.25) is 0 Å². The average Bonchev–Trinajstić information content (AvgIpc) is 3.10. The third-order valence-corrected chi connectivity index (χ3v) is 3.92. The number of nitrogens with zero attached hydrogens (tertiary/aromatic N) is 3. The number of carbonyl (C=O) groups is 1. The lowest BCUT2D eigenvalue weighted by molar-refractivity contribution is -0.116. The van der Waals surface area contributed by atoms with E-state index in [1.807, 2.05) is 31.2 Å². The van der Waals surface area contributed by atoms with Gasteiger partial charge in [0.1, 0.15) is 5.69 Å². The van der Waals surface area contributed by atoms with Gasteiger partial charge in [0.15, 0.2) is 11.5 Å². The number of rotatable bonds is 6. The Hall–Kier alpha value is -3.61. The van der Waals surface area contributed by atoms with Crippen LogP contribution in [0.5, 0.6) is 11.5 Å². The minimum Gasteiger partial charge on any atom is -0.504 e. The molecule has 0 aliphatic heterocycles. The highest BCUT2D eigenvalue weighted by Crippen LogP contribution is 2.25. The van der Waals surface area contributed by atoms with E-state index in [0.29, 0.717) is 17.8 Å². The molecule has 0 spiro atoms. The fourth-order valence-corrected chi connectivity index (χ4v) is 2.43. The number of aromatic nitrogens is 3. The van der Waals surface area contributed by atoms with Gasteiger partial charge in [0.25, 0.3) is 0 Å². The molecule has 1 amide bonds. The molecule has 0 aliphatic carbocycles. The smallest absolute Gasteiger partial charge is 0.244 e. The van der Waals surface area contributed by atoms with Crippen LogP contribution in [0.1, 0.15) is 22.4 Å². The van der Waals surface area contributed by atoms with Gasteiger partial charge in [-0.05, 0) is 36.3 Å². The van der Waals surface area contributed by atoms with Gasteiger partial charge in [0, 0.05) is 6.08 Å². The van der Waals surface area contributed by atoms with Crippen molar-refractivity contribution in [2.75, 3.05) is 0 Å². The number of phenolic OH excluding ortho intramolecular Hbond substituents is 2. The lowest BCUT2D eigenvalue weighted by Crippen LogP contribution is -2.20. The van der Waals surface area contributed by atoms with Crippen molar-refractivity contribution in [3.63, 3.8) is 0 Å². The highest BCUT2D eigenvalue weighted by atomic mass is 16.3. The molecule has 0 radical (unpaired) electrons. The zero-order valence-corrected chi connectivity index (χ0v) is 14.8. The molecule has 3 N–H and O–H groups in total. The second-order valence-electron chi connectivity index (χ2n) is 6.19. The maximum atomic E-state index is 11.9. The number of aromatic hydroxyl groups is 2. The van der Waals surface area contributed by atoms with E-state index in [0.717, 1.165) is 5.56 Å². The molecule has 3 rings (SSSR count). The summed E-state index contributed by atoms with van der Waals surface area (Å²) in [6.45, 7) is 2.92. The molecule has 0 bridgehead atoms. The van der Waals surface area contributed by atoms with E-state index in [1.165, 1.54) is 23.8 Å². The number of hydrogen-bond donors (Lipinski definition) is 3. The van der Waals surface area contributed by atoms with Crippen LogP contribution in [0.15, 0.2) is 54.7 Å². The zero-order valence-electron chi connectivity index (χ0n) is 14.8. The van der Waals surface area contributed by atoms with Crippen molar-refractivity contribution in [2.24, 2.45) is 0 Å². The first-order valence-electron chi connectivity index (χ1n) is 8.42. The van der Waals surface area contributed by atoms with Crippen molar-refractivity contribution in [1.29, 1.82) is 0 Å². The van der Waals surface area contributed by atoms with Crippen molar-refractivity contribution in [3.8, 4) is 11.5 Å². The van der Waals surface area contributed by atoms with Crippen molar-refractivity contribution in [3.05, 3.63) is 77.1 Å². The van der Waals surface area contributed by atoms with Gasteiger partial charge in [0.05, 0.1) is 19.3 Å². The maximum Gasteiger partial charge on any atom is 0.244 e. The Morgan fingerprint density at radius 2 is 1.93 bits per heavy atom. The van der Waals surface area contributed by atoms with Crippen LogP contribution in [0.4, 0.5) is 0 Å². The standard InChI is InChI=1S/C20H20N4O3/c1-14-2-4-16(5-3-14)12-24-13-17(22-23-24)11-21-20(27)9-7-15-6-8-18(25)19(26)10-15/h2-10,13,25-26H,11-12H2,1H3,(H,21,27)/b9-7+. The third-order valence-electron chi connectivity index (χ3n) is 3.92. The Morgan fingerprint density at radius 3 is 2.67 bits per heavy atom. The van der Waals surface area contributed by atoms with E-state index < -0.39 is 0 Å². The van der Waals surface area contributed by atoms with Crippen molar-refractivity contribution < 1.29 is 15.0 Å². The van der Waals surface area contributed by atoms with Gasteiger partial charge in [-0.15, -0.1) is 5.10 Å². The van der Waals surface area contributed by atoms with Crippen LogP contribution < -0.4 is 5.32 Å². The summed E-state index contributed by atoms with van der Waals surface area (Å²) in [5.74, 6) is -0.733. The first kappa shape index (κ1) is 18.2. The van der Waals surface area contributed by atoms with E-state index >= 15 is 0 Å². The van der Waals surface area contributed by atoms with Gasteiger partial charge in [0.2, 0.25) is 5.91 Å². The molecular weight excluding hydrogens is 344 g/mol. The molecule has 7 nitrogen and oxygen atoms in total. The Labute approximate surface area is 156 Å². The number of carbonyl (C=O) groups excluding carboxylic acids is 1. The molecule has 3 aromatic rings. The lowest BCUT2D eigenvalue weighted by atomic mass is 10.1. The Morgan fingerprint density at radius 1 is 1.15 bits per heavy atom. The first-order valence-corrected chi connectivity index (χ1v) is 8.42. The van der Waals surface area contributed by atoms with Crippen LogP contribution in [-0.2, 0) is 17.9 Å². The summed E-state index contributed by atoms with van der Waals surface area (Å²) < 4.78 is 1.72. The second-order valence-corrected chi connectivity index (χ2v) is 6.19. The van der Waals surface area contributed by atoms with Gasteiger partial charge >= 0.3 is 0 Å². The Kier molecular flexibility index (Phi) is 5.51. The number of hydrogen-bond acceptors (Lipinski definition) is 5. The summed E-state index contributed by atoms with van der Waals surface area (Å²) >= 11 is 0. The number of phenols is 2. The number of benzene rings is 2. The van der Waals surface area contributed by atoms with Crippen LogP contribution in [0.3, 0.4) is 0 Å².